The van der Waals surface area contributed by atoms with Gasteiger partial charge >= 0.3 is 0 Å². The standard InChI is InChI=1S/C16H28N2O/c1-13(2)17-10-14-9-16(19-12-14)11-18(3)15-7-5-4-6-8-15/h9,12-13,15,17H,4-8,10-11H2,1-3H3. The van der Waals surface area contributed by atoms with Crippen molar-refractivity contribution in [2.24, 2.45) is 0 Å². The van der Waals surface area contributed by atoms with Crippen molar-refractivity contribution in [3.05, 3.63) is 23.7 Å². The first-order chi connectivity index (χ1) is 9.15. The van der Waals surface area contributed by atoms with Gasteiger partial charge < -0.3 is 9.73 Å². The van der Waals surface area contributed by atoms with Crippen molar-refractivity contribution >= 4 is 0 Å². The number of hydrogen-bond donors (Lipinski definition) is 1. The lowest BCUT2D eigenvalue weighted by atomic mass is 9.94. The second-order valence-corrected chi connectivity index (χ2v) is 6.16. The lowest BCUT2D eigenvalue weighted by molar-refractivity contribution is 0.173. The van der Waals surface area contributed by atoms with Gasteiger partial charge in [-0.05, 0) is 26.0 Å². The molecular weight excluding hydrogens is 236 g/mol. The molecule has 0 aromatic carbocycles. The zero-order chi connectivity index (χ0) is 13.7. The van der Waals surface area contributed by atoms with Crippen LogP contribution in [0.4, 0.5) is 0 Å². The summed E-state index contributed by atoms with van der Waals surface area (Å²) in [5.41, 5.74) is 1.25. The maximum absolute atomic E-state index is 5.68. The molecule has 1 fully saturated rings. The third kappa shape index (κ3) is 4.66. The Labute approximate surface area is 117 Å². The molecular formula is C16H28N2O. The van der Waals surface area contributed by atoms with Crippen LogP contribution in [0.2, 0.25) is 0 Å². The van der Waals surface area contributed by atoms with E-state index in [0.717, 1.165) is 24.9 Å². The van der Waals surface area contributed by atoms with E-state index >= 15 is 0 Å². The summed E-state index contributed by atoms with van der Waals surface area (Å²) in [7, 11) is 2.23. The monoisotopic (exact) mass is 264 g/mol. The number of nitrogens with zero attached hydrogens (tertiary/aromatic N) is 1. The molecule has 0 bridgehead atoms. The minimum atomic E-state index is 0.517. The van der Waals surface area contributed by atoms with Gasteiger partial charge in [0.1, 0.15) is 5.76 Å². The van der Waals surface area contributed by atoms with Crippen LogP contribution >= 0.6 is 0 Å². The van der Waals surface area contributed by atoms with E-state index in [1.165, 1.54) is 37.7 Å². The van der Waals surface area contributed by atoms with Crippen molar-refractivity contribution in [2.45, 2.75) is 71.1 Å². The average molecular weight is 264 g/mol. The van der Waals surface area contributed by atoms with Gasteiger partial charge in [0.15, 0.2) is 0 Å². The molecule has 0 radical (unpaired) electrons. The molecule has 1 aromatic heterocycles. The Hall–Kier alpha value is -0.800. The molecule has 0 spiro atoms. The lowest BCUT2D eigenvalue weighted by Gasteiger charge is -2.30. The predicted molar refractivity (Wildman–Crippen MR) is 79.0 cm³/mol. The minimum Gasteiger partial charge on any atom is -0.468 e. The molecule has 0 amide bonds. The molecule has 1 N–H and O–H groups in total. The van der Waals surface area contributed by atoms with Crippen LogP contribution in [0.15, 0.2) is 16.7 Å². The van der Waals surface area contributed by atoms with Gasteiger partial charge in [-0.1, -0.05) is 33.1 Å². The van der Waals surface area contributed by atoms with E-state index in [9.17, 15) is 0 Å². The molecule has 3 nitrogen and oxygen atoms in total. The number of nitrogens with one attached hydrogen (secondary N) is 1. The van der Waals surface area contributed by atoms with Crippen molar-refractivity contribution in [1.82, 2.24) is 10.2 Å². The van der Waals surface area contributed by atoms with E-state index in [4.69, 9.17) is 4.42 Å². The summed E-state index contributed by atoms with van der Waals surface area (Å²) in [5.74, 6) is 1.09. The Balaban J connectivity index is 1.81. The quantitative estimate of drug-likeness (QED) is 0.852. The van der Waals surface area contributed by atoms with Crippen molar-refractivity contribution in [3.8, 4) is 0 Å². The molecule has 1 aliphatic rings. The van der Waals surface area contributed by atoms with Crippen LogP contribution in [0.5, 0.6) is 0 Å². The van der Waals surface area contributed by atoms with Crippen LogP contribution in [0, 0.1) is 0 Å². The fourth-order valence-corrected chi connectivity index (χ4v) is 2.82. The summed E-state index contributed by atoms with van der Waals surface area (Å²) in [6.45, 7) is 6.16. The zero-order valence-corrected chi connectivity index (χ0v) is 12.6. The molecule has 1 aromatic rings. The van der Waals surface area contributed by atoms with E-state index in [1.807, 2.05) is 6.26 Å². The molecule has 1 heterocycles. The predicted octanol–water partition coefficient (Wildman–Crippen LogP) is 3.54. The summed E-state index contributed by atoms with van der Waals surface area (Å²) in [6, 6.07) is 3.45. The molecule has 0 aliphatic heterocycles. The van der Waals surface area contributed by atoms with Crippen LogP contribution in [0.3, 0.4) is 0 Å². The Morgan fingerprint density at radius 2 is 2.05 bits per heavy atom. The van der Waals surface area contributed by atoms with Gasteiger partial charge in [-0.25, -0.2) is 0 Å². The summed E-state index contributed by atoms with van der Waals surface area (Å²) >= 11 is 0. The highest BCUT2D eigenvalue weighted by atomic mass is 16.3. The van der Waals surface area contributed by atoms with Gasteiger partial charge in [0.05, 0.1) is 12.8 Å². The maximum Gasteiger partial charge on any atom is 0.118 e. The highest BCUT2D eigenvalue weighted by molar-refractivity contribution is 5.12. The highest BCUT2D eigenvalue weighted by Gasteiger charge is 2.18. The molecule has 108 valence electrons. The summed E-state index contributed by atoms with van der Waals surface area (Å²) < 4.78 is 5.68. The third-order valence-electron chi connectivity index (χ3n) is 4.03. The first-order valence-corrected chi connectivity index (χ1v) is 7.65. The second kappa shape index (κ2) is 7.11. The van der Waals surface area contributed by atoms with Crippen LogP contribution < -0.4 is 5.32 Å². The molecule has 2 rings (SSSR count). The third-order valence-corrected chi connectivity index (χ3v) is 4.03. The normalized spacial score (nSPS) is 17.5. The SMILES string of the molecule is CC(C)NCc1coc(CN(C)C2CCCCC2)c1. The van der Waals surface area contributed by atoms with Crippen LogP contribution in [-0.4, -0.2) is 24.0 Å². The summed E-state index contributed by atoms with van der Waals surface area (Å²) in [5, 5.41) is 3.42. The molecule has 0 atom stereocenters. The van der Waals surface area contributed by atoms with Crippen LogP contribution in [0.1, 0.15) is 57.3 Å². The highest BCUT2D eigenvalue weighted by Crippen LogP contribution is 2.23. The molecule has 1 saturated carbocycles. The Bertz CT molecular complexity index is 367. The molecule has 3 heteroatoms. The zero-order valence-electron chi connectivity index (χ0n) is 12.6. The van der Waals surface area contributed by atoms with Crippen molar-refractivity contribution in [1.29, 1.82) is 0 Å². The molecule has 19 heavy (non-hydrogen) atoms. The van der Waals surface area contributed by atoms with Gasteiger partial charge in [0, 0.05) is 24.2 Å². The van der Waals surface area contributed by atoms with E-state index in [-0.39, 0.29) is 0 Å². The fraction of sp³-hybridized carbons (Fsp3) is 0.750. The molecule has 0 unspecified atom stereocenters. The topological polar surface area (TPSA) is 28.4 Å². The van der Waals surface area contributed by atoms with Crippen LogP contribution in [0.25, 0.3) is 0 Å². The van der Waals surface area contributed by atoms with Crippen molar-refractivity contribution in [3.63, 3.8) is 0 Å². The Morgan fingerprint density at radius 1 is 1.32 bits per heavy atom. The van der Waals surface area contributed by atoms with Crippen molar-refractivity contribution in [2.75, 3.05) is 7.05 Å². The lowest BCUT2D eigenvalue weighted by Crippen LogP contribution is -2.32. The van der Waals surface area contributed by atoms with Gasteiger partial charge in [-0.2, -0.15) is 0 Å². The van der Waals surface area contributed by atoms with Gasteiger partial charge in [-0.15, -0.1) is 0 Å². The molecule has 0 saturated heterocycles. The largest absolute Gasteiger partial charge is 0.468 e. The van der Waals surface area contributed by atoms with E-state index in [1.54, 1.807) is 0 Å². The van der Waals surface area contributed by atoms with E-state index in [2.05, 4.69) is 37.2 Å². The second-order valence-electron chi connectivity index (χ2n) is 6.16. The van der Waals surface area contributed by atoms with Crippen LogP contribution in [-0.2, 0) is 13.1 Å². The summed E-state index contributed by atoms with van der Waals surface area (Å²) in [4.78, 5) is 2.46. The number of furan rings is 1. The van der Waals surface area contributed by atoms with E-state index < -0.39 is 0 Å². The van der Waals surface area contributed by atoms with Gasteiger partial charge in [-0.3, -0.25) is 4.90 Å². The number of rotatable bonds is 6. The smallest absolute Gasteiger partial charge is 0.118 e. The van der Waals surface area contributed by atoms with Crippen molar-refractivity contribution < 1.29 is 4.42 Å². The fourth-order valence-electron chi connectivity index (χ4n) is 2.82. The maximum atomic E-state index is 5.68. The molecule has 1 aliphatic carbocycles. The minimum absolute atomic E-state index is 0.517. The summed E-state index contributed by atoms with van der Waals surface area (Å²) in [6.07, 6.45) is 8.76. The Kier molecular flexibility index (Phi) is 5.46. The van der Waals surface area contributed by atoms with Gasteiger partial charge in [0.2, 0.25) is 0 Å². The van der Waals surface area contributed by atoms with Gasteiger partial charge in [0.25, 0.3) is 0 Å². The number of hydrogen-bond acceptors (Lipinski definition) is 3. The first-order valence-electron chi connectivity index (χ1n) is 7.65. The Morgan fingerprint density at radius 3 is 2.74 bits per heavy atom. The average Bonchev–Trinajstić information content (AvgIpc) is 2.85. The first kappa shape index (κ1) is 14.6. The van der Waals surface area contributed by atoms with E-state index in [0.29, 0.717) is 6.04 Å².